The van der Waals surface area contributed by atoms with Crippen molar-refractivity contribution in [2.75, 3.05) is 7.11 Å². The molecule has 0 aromatic carbocycles. The molecule has 1 aliphatic rings. The van der Waals surface area contributed by atoms with Crippen molar-refractivity contribution in [3.05, 3.63) is 22.4 Å². The number of hydrogen-bond acceptors (Lipinski definition) is 3. The Hall–Kier alpha value is -0.380. The Balaban J connectivity index is 1.82. The van der Waals surface area contributed by atoms with Crippen LogP contribution in [0.5, 0.6) is 0 Å². The molecule has 1 saturated carbocycles. The van der Waals surface area contributed by atoms with Crippen LogP contribution in [-0.4, -0.2) is 19.3 Å². The van der Waals surface area contributed by atoms with Gasteiger partial charge >= 0.3 is 0 Å². The predicted molar refractivity (Wildman–Crippen MR) is 78.0 cm³/mol. The molecule has 0 spiro atoms. The van der Waals surface area contributed by atoms with Gasteiger partial charge in [0.05, 0.1) is 6.10 Å². The van der Waals surface area contributed by atoms with E-state index in [0.29, 0.717) is 5.92 Å². The zero-order valence-corrected chi connectivity index (χ0v) is 12.1. The lowest BCUT2D eigenvalue weighted by molar-refractivity contribution is 0.0160. The van der Waals surface area contributed by atoms with E-state index in [4.69, 9.17) is 10.5 Å². The Morgan fingerprint density at radius 2 is 2.17 bits per heavy atom. The van der Waals surface area contributed by atoms with Crippen LogP contribution in [0.3, 0.4) is 0 Å². The highest BCUT2D eigenvalue weighted by Crippen LogP contribution is 2.29. The SMILES string of the molecule is COC(C(N)CCc1cccs1)C1CCCCC1. The molecule has 2 N–H and O–H groups in total. The lowest BCUT2D eigenvalue weighted by Crippen LogP contribution is -2.42. The second kappa shape index (κ2) is 7.27. The molecule has 1 aliphatic carbocycles. The Morgan fingerprint density at radius 3 is 2.78 bits per heavy atom. The van der Waals surface area contributed by atoms with Crippen LogP contribution < -0.4 is 5.73 Å². The minimum absolute atomic E-state index is 0.181. The van der Waals surface area contributed by atoms with E-state index in [0.717, 1.165) is 12.8 Å². The maximum absolute atomic E-state index is 6.36. The van der Waals surface area contributed by atoms with E-state index in [1.165, 1.54) is 37.0 Å². The average Bonchev–Trinajstić information content (AvgIpc) is 2.92. The van der Waals surface area contributed by atoms with E-state index in [1.807, 2.05) is 18.4 Å². The molecule has 0 aliphatic heterocycles. The van der Waals surface area contributed by atoms with Crippen molar-refractivity contribution in [1.82, 2.24) is 0 Å². The van der Waals surface area contributed by atoms with E-state index >= 15 is 0 Å². The van der Waals surface area contributed by atoms with Gasteiger partial charge in [-0.3, -0.25) is 0 Å². The predicted octanol–water partition coefficient (Wildman–Crippen LogP) is 3.60. The number of thiophene rings is 1. The molecule has 0 amide bonds. The van der Waals surface area contributed by atoms with Gasteiger partial charge in [-0.25, -0.2) is 0 Å². The third kappa shape index (κ3) is 3.81. The number of nitrogens with two attached hydrogens (primary N) is 1. The topological polar surface area (TPSA) is 35.2 Å². The standard InChI is InChI=1S/C15H25NOS/c1-17-15(12-6-3-2-4-7-12)14(16)10-9-13-8-5-11-18-13/h5,8,11-12,14-15H,2-4,6-7,9-10,16H2,1H3. The van der Waals surface area contributed by atoms with Crippen LogP contribution in [0.15, 0.2) is 17.5 Å². The van der Waals surface area contributed by atoms with Gasteiger partial charge in [0.2, 0.25) is 0 Å². The third-order valence-corrected chi connectivity index (χ3v) is 5.05. The second-order valence-corrected chi connectivity index (χ2v) is 6.41. The van der Waals surface area contributed by atoms with E-state index in [9.17, 15) is 0 Å². The van der Waals surface area contributed by atoms with Gasteiger partial charge in [0.1, 0.15) is 0 Å². The highest BCUT2D eigenvalue weighted by Gasteiger charge is 2.28. The Bertz CT molecular complexity index is 319. The first-order chi connectivity index (χ1) is 8.81. The van der Waals surface area contributed by atoms with Gasteiger partial charge in [0.25, 0.3) is 0 Å². The summed E-state index contributed by atoms with van der Waals surface area (Å²) in [6.07, 6.45) is 9.06. The van der Waals surface area contributed by atoms with Gasteiger partial charge in [-0.1, -0.05) is 25.3 Å². The highest BCUT2D eigenvalue weighted by molar-refractivity contribution is 7.09. The highest BCUT2D eigenvalue weighted by atomic mass is 32.1. The largest absolute Gasteiger partial charge is 0.380 e. The monoisotopic (exact) mass is 267 g/mol. The van der Waals surface area contributed by atoms with Crippen LogP contribution in [0.1, 0.15) is 43.4 Å². The van der Waals surface area contributed by atoms with Gasteiger partial charge in [0, 0.05) is 18.0 Å². The van der Waals surface area contributed by atoms with Crippen molar-refractivity contribution >= 4 is 11.3 Å². The average molecular weight is 267 g/mol. The molecule has 0 saturated heterocycles. The van der Waals surface area contributed by atoms with Gasteiger partial charge in [-0.05, 0) is 43.0 Å². The fourth-order valence-electron chi connectivity index (χ4n) is 3.11. The molecule has 1 aromatic rings. The molecule has 0 bridgehead atoms. The Kier molecular flexibility index (Phi) is 5.67. The summed E-state index contributed by atoms with van der Waals surface area (Å²) in [6.45, 7) is 0. The van der Waals surface area contributed by atoms with E-state index in [1.54, 1.807) is 0 Å². The Morgan fingerprint density at radius 1 is 1.39 bits per heavy atom. The molecule has 2 unspecified atom stereocenters. The molecule has 18 heavy (non-hydrogen) atoms. The summed E-state index contributed by atoms with van der Waals surface area (Å²) in [5, 5.41) is 2.13. The van der Waals surface area contributed by atoms with Crippen molar-refractivity contribution in [3.63, 3.8) is 0 Å². The lowest BCUT2D eigenvalue weighted by atomic mass is 9.82. The molecule has 3 heteroatoms. The van der Waals surface area contributed by atoms with Crippen LogP contribution in [0.25, 0.3) is 0 Å². The minimum atomic E-state index is 0.181. The number of methoxy groups -OCH3 is 1. The molecule has 2 atom stereocenters. The first kappa shape index (κ1) is 14.0. The lowest BCUT2D eigenvalue weighted by Gasteiger charge is -2.33. The van der Waals surface area contributed by atoms with Crippen molar-refractivity contribution in [2.24, 2.45) is 11.7 Å². The number of rotatable bonds is 6. The molecule has 0 radical (unpaired) electrons. The van der Waals surface area contributed by atoms with E-state index in [2.05, 4.69) is 17.5 Å². The summed E-state index contributed by atoms with van der Waals surface area (Å²) in [7, 11) is 1.82. The molecule has 2 rings (SSSR count). The van der Waals surface area contributed by atoms with E-state index in [-0.39, 0.29) is 12.1 Å². The number of aryl methyl sites for hydroxylation is 1. The maximum atomic E-state index is 6.36. The van der Waals surface area contributed by atoms with Gasteiger partial charge in [0.15, 0.2) is 0 Å². The molecular weight excluding hydrogens is 242 g/mol. The number of hydrogen-bond donors (Lipinski definition) is 1. The van der Waals surface area contributed by atoms with Crippen molar-refractivity contribution < 1.29 is 4.74 Å². The van der Waals surface area contributed by atoms with Gasteiger partial charge in [-0.2, -0.15) is 0 Å². The maximum Gasteiger partial charge on any atom is 0.0750 e. The molecule has 2 nitrogen and oxygen atoms in total. The summed E-state index contributed by atoms with van der Waals surface area (Å²) < 4.78 is 5.70. The zero-order valence-electron chi connectivity index (χ0n) is 11.3. The first-order valence-corrected chi connectivity index (χ1v) is 8.00. The zero-order chi connectivity index (χ0) is 12.8. The smallest absolute Gasteiger partial charge is 0.0750 e. The fraction of sp³-hybridized carbons (Fsp3) is 0.733. The molecular formula is C15H25NOS. The van der Waals surface area contributed by atoms with Crippen molar-refractivity contribution in [1.29, 1.82) is 0 Å². The molecule has 1 aromatic heterocycles. The van der Waals surface area contributed by atoms with Crippen LogP contribution >= 0.6 is 11.3 Å². The summed E-state index contributed by atoms with van der Waals surface area (Å²) in [5.41, 5.74) is 6.36. The van der Waals surface area contributed by atoms with Gasteiger partial charge < -0.3 is 10.5 Å². The van der Waals surface area contributed by atoms with Gasteiger partial charge in [-0.15, -0.1) is 11.3 Å². The summed E-state index contributed by atoms with van der Waals surface area (Å²) in [6, 6.07) is 4.49. The Labute approximate surface area is 115 Å². The van der Waals surface area contributed by atoms with Crippen LogP contribution in [0.4, 0.5) is 0 Å². The molecule has 1 fully saturated rings. The third-order valence-electron chi connectivity index (χ3n) is 4.11. The van der Waals surface area contributed by atoms with Crippen LogP contribution in [0, 0.1) is 5.92 Å². The number of ether oxygens (including phenoxy) is 1. The first-order valence-electron chi connectivity index (χ1n) is 7.12. The fourth-order valence-corrected chi connectivity index (χ4v) is 3.83. The quantitative estimate of drug-likeness (QED) is 0.854. The summed E-state index contributed by atoms with van der Waals surface area (Å²) >= 11 is 1.82. The molecule has 1 heterocycles. The van der Waals surface area contributed by atoms with Crippen LogP contribution in [-0.2, 0) is 11.2 Å². The normalized spacial score (nSPS) is 20.8. The summed E-state index contributed by atoms with van der Waals surface area (Å²) in [4.78, 5) is 1.43. The minimum Gasteiger partial charge on any atom is -0.380 e. The summed E-state index contributed by atoms with van der Waals surface area (Å²) in [5.74, 6) is 0.682. The van der Waals surface area contributed by atoms with Crippen LogP contribution in [0.2, 0.25) is 0 Å². The van der Waals surface area contributed by atoms with Crippen molar-refractivity contribution in [3.8, 4) is 0 Å². The van der Waals surface area contributed by atoms with E-state index < -0.39 is 0 Å². The second-order valence-electron chi connectivity index (χ2n) is 5.38. The molecule has 102 valence electrons. The van der Waals surface area contributed by atoms with Crippen molar-refractivity contribution in [2.45, 2.75) is 57.1 Å².